The van der Waals surface area contributed by atoms with Crippen molar-refractivity contribution in [3.05, 3.63) is 86.2 Å². The SMILES string of the molecule is O=c1cc(-c2cn(-c3ccccc3)nc2-c2ccc(Cl)cc2)sc(=S)n1C1CCS(=O)(=O)C1. The van der Waals surface area contributed by atoms with Gasteiger partial charge in [-0.1, -0.05) is 41.9 Å². The molecule has 6 nitrogen and oxygen atoms in total. The summed E-state index contributed by atoms with van der Waals surface area (Å²) >= 11 is 12.9. The monoisotopic (exact) mass is 515 g/mol. The van der Waals surface area contributed by atoms with Gasteiger partial charge in [-0.2, -0.15) is 5.10 Å². The van der Waals surface area contributed by atoms with E-state index in [1.807, 2.05) is 48.7 Å². The average molecular weight is 516 g/mol. The Morgan fingerprint density at radius 3 is 2.45 bits per heavy atom. The molecule has 1 aliphatic rings. The van der Waals surface area contributed by atoms with Gasteiger partial charge in [0.25, 0.3) is 5.56 Å². The first-order valence-corrected chi connectivity index (χ1v) is 13.6. The van der Waals surface area contributed by atoms with Gasteiger partial charge in [0, 0.05) is 33.3 Å². The Hall–Kier alpha value is -2.59. The van der Waals surface area contributed by atoms with Gasteiger partial charge in [0.2, 0.25) is 0 Å². The fraction of sp³-hybridized carbons (Fsp3) is 0.174. The molecule has 0 aliphatic carbocycles. The predicted molar refractivity (Wildman–Crippen MR) is 135 cm³/mol. The van der Waals surface area contributed by atoms with E-state index in [1.54, 1.807) is 16.8 Å². The molecule has 0 amide bonds. The van der Waals surface area contributed by atoms with Gasteiger partial charge in [0.15, 0.2) is 13.8 Å². The minimum Gasteiger partial charge on any atom is -0.287 e. The lowest BCUT2D eigenvalue weighted by Gasteiger charge is -2.12. The van der Waals surface area contributed by atoms with Crippen LogP contribution >= 0.6 is 35.2 Å². The molecular weight excluding hydrogens is 498 g/mol. The zero-order chi connectivity index (χ0) is 23.2. The van der Waals surface area contributed by atoms with Crippen molar-refractivity contribution in [1.82, 2.24) is 14.3 Å². The standard InChI is InChI=1S/C23H18ClN3O3S3/c24-16-8-6-15(7-9-16)22-19(13-26(25-22)17-4-2-1-3-5-17)20-12-21(28)27(23(31)32-20)18-10-11-33(29,30)14-18/h1-9,12-13,18H,10-11,14H2. The fourth-order valence-corrected chi connectivity index (χ4v) is 7.25. The molecular formula is C23H18ClN3O3S3. The summed E-state index contributed by atoms with van der Waals surface area (Å²) < 4.78 is 27.4. The summed E-state index contributed by atoms with van der Waals surface area (Å²) in [7, 11) is -3.14. The van der Waals surface area contributed by atoms with Gasteiger partial charge < -0.3 is 0 Å². The summed E-state index contributed by atoms with van der Waals surface area (Å²) in [5.74, 6) is 0.0282. The van der Waals surface area contributed by atoms with E-state index < -0.39 is 15.9 Å². The molecule has 33 heavy (non-hydrogen) atoms. The number of halogens is 1. The highest BCUT2D eigenvalue weighted by atomic mass is 35.5. The number of nitrogens with zero attached hydrogens (tertiary/aromatic N) is 3. The highest BCUT2D eigenvalue weighted by Crippen LogP contribution is 2.35. The molecule has 1 unspecified atom stereocenters. The van der Waals surface area contributed by atoms with Gasteiger partial charge in [-0.05, 0) is 42.9 Å². The maximum Gasteiger partial charge on any atom is 0.253 e. The van der Waals surface area contributed by atoms with Crippen LogP contribution in [0.2, 0.25) is 5.02 Å². The maximum atomic E-state index is 13.1. The van der Waals surface area contributed by atoms with Crippen LogP contribution in [0.3, 0.4) is 0 Å². The van der Waals surface area contributed by atoms with Crippen molar-refractivity contribution in [2.75, 3.05) is 11.5 Å². The summed E-state index contributed by atoms with van der Waals surface area (Å²) in [5.41, 5.74) is 2.90. The van der Waals surface area contributed by atoms with Crippen molar-refractivity contribution in [2.45, 2.75) is 12.5 Å². The third-order valence-electron chi connectivity index (χ3n) is 5.58. The quantitative estimate of drug-likeness (QED) is 0.350. The van der Waals surface area contributed by atoms with Crippen LogP contribution in [0.1, 0.15) is 12.5 Å². The van der Waals surface area contributed by atoms with E-state index in [1.165, 1.54) is 22.0 Å². The van der Waals surface area contributed by atoms with Gasteiger partial charge in [-0.15, -0.1) is 11.3 Å². The van der Waals surface area contributed by atoms with Crippen molar-refractivity contribution in [3.63, 3.8) is 0 Å². The number of hydrogen-bond acceptors (Lipinski definition) is 6. The highest BCUT2D eigenvalue weighted by molar-refractivity contribution is 7.91. The van der Waals surface area contributed by atoms with Crippen LogP contribution in [0.5, 0.6) is 0 Å². The Morgan fingerprint density at radius 2 is 1.82 bits per heavy atom. The minimum absolute atomic E-state index is 0.0510. The lowest BCUT2D eigenvalue weighted by Crippen LogP contribution is -2.25. The molecule has 0 saturated carbocycles. The first-order chi connectivity index (χ1) is 15.8. The van der Waals surface area contributed by atoms with Crippen molar-refractivity contribution >= 4 is 45.0 Å². The number of aromatic nitrogens is 3. The van der Waals surface area contributed by atoms with Crippen LogP contribution < -0.4 is 5.56 Å². The van der Waals surface area contributed by atoms with Crippen LogP contribution in [-0.4, -0.2) is 34.3 Å². The molecule has 168 valence electrons. The Kier molecular flexibility index (Phi) is 5.82. The Bertz CT molecular complexity index is 1530. The molecule has 3 heterocycles. The van der Waals surface area contributed by atoms with Gasteiger partial charge in [-0.25, -0.2) is 13.1 Å². The van der Waals surface area contributed by atoms with Gasteiger partial charge in [-0.3, -0.25) is 9.36 Å². The minimum atomic E-state index is -3.14. The lowest BCUT2D eigenvalue weighted by atomic mass is 10.1. The number of para-hydroxylation sites is 1. The van der Waals surface area contributed by atoms with Crippen LogP contribution in [0.25, 0.3) is 27.4 Å². The summed E-state index contributed by atoms with van der Waals surface area (Å²) in [4.78, 5) is 13.7. The number of benzene rings is 2. The molecule has 0 bridgehead atoms. The first-order valence-electron chi connectivity index (χ1n) is 10.2. The van der Waals surface area contributed by atoms with Crippen molar-refractivity contribution in [1.29, 1.82) is 0 Å². The molecule has 5 rings (SSSR count). The number of rotatable bonds is 4. The third kappa shape index (κ3) is 4.46. The van der Waals surface area contributed by atoms with E-state index in [4.69, 9.17) is 28.9 Å². The zero-order valence-electron chi connectivity index (χ0n) is 17.2. The summed E-state index contributed by atoms with van der Waals surface area (Å²) in [6, 6.07) is 18.2. The van der Waals surface area contributed by atoms with E-state index in [0.29, 0.717) is 26.0 Å². The lowest BCUT2D eigenvalue weighted by molar-refractivity contribution is 0.538. The highest BCUT2D eigenvalue weighted by Gasteiger charge is 2.30. The van der Waals surface area contributed by atoms with Crippen LogP contribution in [0.4, 0.5) is 0 Å². The average Bonchev–Trinajstić information content (AvgIpc) is 3.38. The molecule has 0 spiro atoms. The Morgan fingerprint density at radius 1 is 1.09 bits per heavy atom. The molecule has 2 aromatic heterocycles. The van der Waals surface area contributed by atoms with E-state index in [0.717, 1.165) is 16.8 Å². The van der Waals surface area contributed by atoms with Crippen molar-refractivity contribution in [2.24, 2.45) is 0 Å². The van der Waals surface area contributed by atoms with Crippen LogP contribution in [-0.2, 0) is 9.84 Å². The summed E-state index contributed by atoms with van der Waals surface area (Å²) in [6.45, 7) is 0. The fourth-order valence-electron chi connectivity index (χ4n) is 3.97. The van der Waals surface area contributed by atoms with E-state index in [2.05, 4.69) is 0 Å². The molecule has 4 aromatic rings. The number of hydrogen-bond donors (Lipinski definition) is 0. The zero-order valence-corrected chi connectivity index (χ0v) is 20.4. The first kappa shape index (κ1) is 22.2. The van der Waals surface area contributed by atoms with Crippen molar-refractivity contribution < 1.29 is 8.42 Å². The smallest absolute Gasteiger partial charge is 0.253 e. The molecule has 1 saturated heterocycles. The third-order valence-corrected chi connectivity index (χ3v) is 8.96. The molecule has 1 fully saturated rings. The maximum absolute atomic E-state index is 13.1. The summed E-state index contributed by atoms with van der Waals surface area (Å²) in [6.07, 6.45) is 2.28. The molecule has 1 aliphatic heterocycles. The van der Waals surface area contributed by atoms with E-state index >= 15 is 0 Å². The molecule has 1 atom stereocenters. The number of sulfone groups is 1. The molecule has 2 aromatic carbocycles. The molecule has 10 heteroatoms. The second-order valence-corrected chi connectivity index (χ2v) is 12.2. The Balaban J connectivity index is 1.65. The van der Waals surface area contributed by atoms with Crippen molar-refractivity contribution in [3.8, 4) is 27.4 Å². The largest absolute Gasteiger partial charge is 0.287 e. The molecule has 0 radical (unpaired) electrons. The second-order valence-electron chi connectivity index (χ2n) is 7.82. The van der Waals surface area contributed by atoms with Gasteiger partial charge in [0.1, 0.15) is 5.69 Å². The normalized spacial score (nSPS) is 17.3. The predicted octanol–water partition coefficient (Wildman–Crippen LogP) is 5.17. The molecule has 0 N–H and O–H groups in total. The van der Waals surface area contributed by atoms with Gasteiger partial charge in [0.05, 0.1) is 23.2 Å². The topological polar surface area (TPSA) is 74.0 Å². The van der Waals surface area contributed by atoms with Crippen LogP contribution in [0, 0.1) is 3.95 Å². The second kappa shape index (κ2) is 8.64. The Labute approximate surface area is 204 Å². The van der Waals surface area contributed by atoms with Crippen LogP contribution in [0.15, 0.2) is 71.7 Å². The van der Waals surface area contributed by atoms with E-state index in [-0.39, 0.29) is 17.1 Å². The van der Waals surface area contributed by atoms with E-state index in [9.17, 15) is 13.2 Å². The van der Waals surface area contributed by atoms with Gasteiger partial charge >= 0.3 is 0 Å². The summed E-state index contributed by atoms with van der Waals surface area (Å²) in [5, 5.41) is 5.41.